The van der Waals surface area contributed by atoms with Crippen LogP contribution in [0.4, 0.5) is 5.69 Å². The van der Waals surface area contributed by atoms with Crippen molar-refractivity contribution in [1.82, 2.24) is 0 Å². The van der Waals surface area contributed by atoms with Gasteiger partial charge in [-0.2, -0.15) is 0 Å². The van der Waals surface area contributed by atoms with E-state index in [0.717, 1.165) is 0 Å². The molecule has 0 radical (unpaired) electrons. The van der Waals surface area contributed by atoms with Gasteiger partial charge in [-0.05, 0) is 31.5 Å². The molecule has 0 aliphatic carbocycles. The number of hydrogen-bond donors (Lipinski definition) is 2. The Morgan fingerprint density at radius 1 is 1.04 bits per heavy atom. The predicted octanol–water partition coefficient (Wildman–Crippen LogP) is 3.37. The molecule has 0 saturated heterocycles. The molecule has 2 N–H and O–H groups in total. The average molecular weight is 325 g/mol. The molecule has 2 aromatic carbocycles. The molecule has 5 nitrogen and oxygen atoms in total. The van der Waals surface area contributed by atoms with Crippen molar-refractivity contribution in [2.24, 2.45) is 0 Å². The first-order valence-corrected chi connectivity index (χ1v) is 7.54. The molecule has 0 aliphatic heterocycles. The first kappa shape index (κ1) is 17.3. The molecule has 124 valence electrons. The highest BCUT2D eigenvalue weighted by Gasteiger charge is 2.16. The molecule has 5 heteroatoms. The second-order valence-electron chi connectivity index (χ2n) is 5.38. The van der Waals surface area contributed by atoms with Gasteiger partial charge in [-0.1, -0.05) is 42.5 Å². The summed E-state index contributed by atoms with van der Waals surface area (Å²) in [7, 11) is 0. The summed E-state index contributed by atoms with van der Waals surface area (Å²) >= 11 is 0. The van der Waals surface area contributed by atoms with Crippen LogP contribution in [0.1, 0.15) is 19.4 Å². The molecule has 0 unspecified atom stereocenters. The van der Waals surface area contributed by atoms with Crippen molar-refractivity contribution >= 4 is 23.1 Å². The third kappa shape index (κ3) is 4.71. The Morgan fingerprint density at radius 3 is 2.29 bits per heavy atom. The fraction of sp³-hybridized carbons (Fsp3) is 0.158. The molecule has 0 fully saturated rings. The number of para-hydroxylation sites is 2. The lowest BCUT2D eigenvalue weighted by Crippen LogP contribution is -2.20. The number of hydrogen-bond acceptors (Lipinski definition) is 5. The summed E-state index contributed by atoms with van der Waals surface area (Å²) in [6, 6.07) is 15.7. The third-order valence-corrected chi connectivity index (χ3v) is 3.08. The van der Waals surface area contributed by atoms with Crippen LogP contribution in [0, 0.1) is 0 Å². The number of aromatic hydroxyl groups is 1. The minimum absolute atomic E-state index is 0.0385. The van der Waals surface area contributed by atoms with E-state index in [1.165, 1.54) is 12.1 Å². The van der Waals surface area contributed by atoms with E-state index in [0.29, 0.717) is 16.9 Å². The van der Waals surface area contributed by atoms with Crippen LogP contribution in [0.15, 0.2) is 60.7 Å². The van der Waals surface area contributed by atoms with Crippen LogP contribution >= 0.6 is 0 Å². The van der Waals surface area contributed by atoms with Gasteiger partial charge in [-0.3, -0.25) is 4.79 Å². The van der Waals surface area contributed by atoms with Gasteiger partial charge in [-0.15, -0.1) is 0 Å². The monoisotopic (exact) mass is 325 g/mol. The second-order valence-corrected chi connectivity index (χ2v) is 5.38. The van der Waals surface area contributed by atoms with Crippen LogP contribution in [0.5, 0.6) is 5.75 Å². The number of nitrogens with one attached hydrogen (secondary N) is 1. The summed E-state index contributed by atoms with van der Waals surface area (Å²) in [4.78, 5) is 23.8. The minimum atomic E-state index is -0.919. The number of ketones is 1. The van der Waals surface area contributed by atoms with Crippen molar-refractivity contribution in [3.63, 3.8) is 0 Å². The van der Waals surface area contributed by atoms with E-state index >= 15 is 0 Å². The summed E-state index contributed by atoms with van der Waals surface area (Å²) in [6.07, 6.45) is 0.799. The maximum Gasteiger partial charge on any atom is 0.379 e. The summed E-state index contributed by atoms with van der Waals surface area (Å²) in [5.41, 5.74) is 1.52. The zero-order chi connectivity index (χ0) is 17.5. The second kappa shape index (κ2) is 7.97. The van der Waals surface area contributed by atoms with Crippen LogP contribution < -0.4 is 5.32 Å². The van der Waals surface area contributed by atoms with E-state index in [9.17, 15) is 14.7 Å². The van der Waals surface area contributed by atoms with Gasteiger partial charge in [0, 0.05) is 6.08 Å². The smallest absolute Gasteiger partial charge is 0.379 e. The SMILES string of the molecule is CC(C)OC(=O)C(=O)/C=C(\Nc1ccccc1O)c1ccccc1. The van der Waals surface area contributed by atoms with Gasteiger partial charge in [0.05, 0.1) is 17.5 Å². The largest absolute Gasteiger partial charge is 0.506 e. The van der Waals surface area contributed by atoms with Crippen molar-refractivity contribution in [2.45, 2.75) is 20.0 Å². The molecule has 2 rings (SSSR count). The summed E-state index contributed by atoms with van der Waals surface area (Å²) in [6.45, 7) is 3.35. The first-order valence-electron chi connectivity index (χ1n) is 7.54. The highest BCUT2D eigenvalue weighted by atomic mass is 16.5. The lowest BCUT2D eigenvalue weighted by molar-refractivity contribution is -0.154. The van der Waals surface area contributed by atoms with Crippen LogP contribution in [0.25, 0.3) is 5.70 Å². The number of rotatable bonds is 6. The van der Waals surface area contributed by atoms with E-state index < -0.39 is 11.8 Å². The molecule has 0 aromatic heterocycles. The van der Waals surface area contributed by atoms with E-state index in [1.807, 2.05) is 18.2 Å². The summed E-state index contributed by atoms with van der Waals surface area (Å²) in [5.74, 6) is -1.65. The average Bonchev–Trinajstić information content (AvgIpc) is 2.56. The third-order valence-electron chi connectivity index (χ3n) is 3.08. The van der Waals surface area contributed by atoms with Crippen LogP contribution in [-0.2, 0) is 14.3 Å². The Balaban J connectivity index is 2.33. The maximum absolute atomic E-state index is 12.1. The molecule has 0 saturated carbocycles. The quantitative estimate of drug-likeness (QED) is 0.369. The highest BCUT2D eigenvalue weighted by molar-refractivity contribution is 6.39. The van der Waals surface area contributed by atoms with E-state index in [-0.39, 0.29) is 11.9 Å². The number of anilines is 1. The molecule has 0 atom stereocenters. The number of ether oxygens (including phenoxy) is 1. The number of phenols is 1. The standard InChI is InChI=1S/C19H19NO4/c1-13(2)24-19(23)18(22)12-16(14-8-4-3-5-9-14)20-15-10-6-7-11-17(15)21/h3-13,20-21H,1-2H3/b16-12-. The minimum Gasteiger partial charge on any atom is -0.506 e. The Labute approximate surface area is 140 Å². The first-order chi connectivity index (χ1) is 11.5. The van der Waals surface area contributed by atoms with E-state index in [1.54, 1.807) is 44.2 Å². The van der Waals surface area contributed by atoms with E-state index in [2.05, 4.69) is 5.32 Å². The van der Waals surface area contributed by atoms with Crippen molar-refractivity contribution in [3.05, 3.63) is 66.2 Å². The molecule has 0 aliphatic rings. The van der Waals surface area contributed by atoms with Gasteiger partial charge in [0.2, 0.25) is 0 Å². The van der Waals surface area contributed by atoms with E-state index in [4.69, 9.17) is 4.74 Å². The fourth-order valence-electron chi connectivity index (χ4n) is 2.00. The van der Waals surface area contributed by atoms with Crippen molar-refractivity contribution in [3.8, 4) is 5.75 Å². The van der Waals surface area contributed by atoms with Gasteiger partial charge in [-0.25, -0.2) is 4.79 Å². The van der Waals surface area contributed by atoms with Gasteiger partial charge in [0.15, 0.2) is 0 Å². The van der Waals surface area contributed by atoms with Gasteiger partial charge in [0.1, 0.15) is 5.75 Å². The Bertz CT molecular complexity index is 751. The molecule has 0 spiro atoms. The molecule has 0 heterocycles. The van der Waals surface area contributed by atoms with Crippen LogP contribution in [0.3, 0.4) is 0 Å². The fourth-order valence-corrected chi connectivity index (χ4v) is 2.00. The molecule has 0 bridgehead atoms. The normalized spacial score (nSPS) is 11.2. The summed E-state index contributed by atoms with van der Waals surface area (Å²) in [5, 5.41) is 12.9. The summed E-state index contributed by atoms with van der Waals surface area (Å²) < 4.78 is 4.91. The Kier molecular flexibility index (Phi) is 5.73. The highest BCUT2D eigenvalue weighted by Crippen LogP contribution is 2.26. The van der Waals surface area contributed by atoms with Crippen molar-refractivity contribution in [1.29, 1.82) is 0 Å². The number of benzene rings is 2. The lowest BCUT2D eigenvalue weighted by Gasteiger charge is -2.13. The molecule has 0 amide bonds. The molecular weight excluding hydrogens is 306 g/mol. The molecule has 24 heavy (non-hydrogen) atoms. The van der Waals surface area contributed by atoms with Crippen molar-refractivity contribution < 1.29 is 19.4 Å². The van der Waals surface area contributed by atoms with Crippen molar-refractivity contribution in [2.75, 3.05) is 5.32 Å². The van der Waals surface area contributed by atoms with Gasteiger partial charge in [0.25, 0.3) is 5.78 Å². The maximum atomic E-state index is 12.1. The zero-order valence-electron chi connectivity index (χ0n) is 13.5. The van der Waals surface area contributed by atoms with Gasteiger partial charge >= 0.3 is 5.97 Å². The van der Waals surface area contributed by atoms with Crippen LogP contribution in [0.2, 0.25) is 0 Å². The zero-order valence-corrected chi connectivity index (χ0v) is 13.5. The topological polar surface area (TPSA) is 75.6 Å². The van der Waals surface area contributed by atoms with Gasteiger partial charge < -0.3 is 15.2 Å². The molecule has 2 aromatic rings. The number of esters is 1. The Morgan fingerprint density at radius 2 is 1.67 bits per heavy atom. The number of carbonyl (C=O) groups excluding carboxylic acids is 2. The number of carbonyl (C=O) groups is 2. The predicted molar refractivity (Wildman–Crippen MR) is 92.4 cm³/mol. The Hall–Kier alpha value is -3.08. The molecular formula is C19H19NO4. The number of phenolic OH excluding ortho intramolecular Hbond substituents is 1. The van der Waals surface area contributed by atoms with Crippen LogP contribution in [-0.4, -0.2) is 23.0 Å². The lowest BCUT2D eigenvalue weighted by atomic mass is 10.1.